The van der Waals surface area contributed by atoms with E-state index in [0.717, 1.165) is 35.1 Å². The van der Waals surface area contributed by atoms with Crippen LogP contribution in [0.4, 0.5) is 0 Å². The second-order valence-corrected chi connectivity index (χ2v) is 13.5. The third-order valence-corrected chi connectivity index (χ3v) is 10.1. The van der Waals surface area contributed by atoms with Crippen molar-refractivity contribution in [3.8, 4) is 22.6 Å². The highest BCUT2D eigenvalue weighted by atomic mass is 32.2. The van der Waals surface area contributed by atoms with Gasteiger partial charge in [-0.3, -0.25) is 9.78 Å². The molecule has 46 heavy (non-hydrogen) atoms. The summed E-state index contributed by atoms with van der Waals surface area (Å²) in [6, 6.07) is 35.3. The molecule has 1 aliphatic rings. The quantitative estimate of drug-likeness (QED) is 0.160. The molecule has 5 aromatic rings. The molecule has 0 spiro atoms. The molecule has 1 heterocycles. The Labute approximate surface area is 271 Å². The molecule has 4 aromatic carbocycles. The number of benzene rings is 4. The van der Waals surface area contributed by atoms with Crippen LogP contribution in [0.5, 0.6) is 11.5 Å². The zero-order chi connectivity index (χ0) is 31.8. The van der Waals surface area contributed by atoms with E-state index in [1.165, 1.54) is 23.6 Å². The molecule has 8 heteroatoms. The van der Waals surface area contributed by atoms with Crippen molar-refractivity contribution in [2.75, 3.05) is 0 Å². The van der Waals surface area contributed by atoms with E-state index >= 15 is 0 Å². The first kappa shape index (κ1) is 31.2. The predicted octanol–water partition coefficient (Wildman–Crippen LogP) is 7.99. The van der Waals surface area contributed by atoms with Gasteiger partial charge >= 0.3 is 0 Å². The van der Waals surface area contributed by atoms with E-state index < -0.39 is 10.0 Å². The molecule has 0 atom stereocenters. The minimum absolute atomic E-state index is 0.0259. The highest BCUT2D eigenvalue weighted by Crippen LogP contribution is 2.27. The number of ether oxygens (including phenoxy) is 1. The molecule has 7 nitrogen and oxygen atoms in total. The van der Waals surface area contributed by atoms with Crippen LogP contribution in [0.1, 0.15) is 53.6 Å². The largest absolute Gasteiger partial charge is 0.457 e. The first-order valence-corrected chi connectivity index (χ1v) is 17.1. The van der Waals surface area contributed by atoms with Gasteiger partial charge in [0.2, 0.25) is 10.0 Å². The van der Waals surface area contributed by atoms with Crippen molar-refractivity contribution in [1.29, 1.82) is 0 Å². The maximum absolute atomic E-state index is 13.9. The number of amides is 1. The lowest BCUT2D eigenvalue weighted by molar-refractivity contribution is 0.0927. The van der Waals surface area contributed by atoms with E-state index in [2.05, 4.69) is 10.3 Å². The summed E-state index contributed by atoms with van der Waals surface area (Å²) in [5.41, 5.74) is 4.27. The molecular formula is C38H37N3O4S. The monoisotopic (exact) mass is 631 g/mol. The number of carbonyl (C=O) groups is 1. The van der Waals surface area contributed by atoms with Gasteiger partial charge in [0.15, 0.2) is 0 Å². The molecule has 1 aliphatic carbocycles. The number of nitrogens with zero attached hydrogens (tertiary/aromatic N) is 2. The molecule has 0 unspecified atom stereocenters. The van der Waals surface area contributed by atoms with Crippen LogP contribution in [0, 0.1) is 0 Å². The number of pyridine rings is 1. The average Bonchev–Trinajstić information content (AvgIpc) is 3.10. The smallest absolute Gasteiger partial charge is 0.251 e. The molecule has 0 radical (unpaired) electrons. The molecule has 1 amide bonds. The van der Waals surface area contributed by atoms with Gasteiger partial charge in [-0.2, -0.15) is 4.31 Å². The highest BCUT2D eigenvalue weighted by molar-refractivity contribution is 7.89. The first-order valence-electron chi connectivity index (χ1n) is 15.7. The van der Waals surface area contributed by atoms with Crippen LogP contribution in [0.15, 0.2) is 133 Å². The maximum atomic E-state index is 13.9. The van der Waals surface area contributed by atoms with Crippen LogP contribution in [0.25, 0.3) is 11.1 Å². The summed E-state index contributed by atoms with van der Waals surface area (Å²) in [4.78, 5) is 17.1. The summed E-state index contributed by atoms with van der Waals surface area (Å²) < 4.78 is 35.2. The maximum Gasteiger partial charge on any atom is 0.251 e. The predicted molar refractivity (Wildman–Crippen MR) is 180 cm³/mol. The number of nitrogens with one attached hydrogen (secondary N) is 1. The van der Waals surface area contributed by atoms with Gasteiger partial charge in [0.1, 0.15) is 11.5 Å². The lowest BCUT2D eigenvalue weighted by atomic mass is 9.95. The zero-order valence-corrected chi connectivity index (χ0v) is 26.4. The highest BCUT2D eigenvalue weighted by Gasteiger charge is 2.25. The van der Waals surface area contributed by atoms with E-state index in [1.54, 1.807) is 42.7 Å². The van der Waals surface area contributed by atoms with Crippen LogP contribution in [0.2, 0.25) is 0 Å². The number of rotatable bonds is 11. The first-order chi connectivity index (χ1) is 22.4. The second kappa shape index (κ2) is 14.5. The molecule has 1 saturated carbocycles. The molecule has 6 rings (SSSR count). The summed E-state index contributed by atoms with van der Waals surface area (Å²) in [5, 5.41) is 3.17. The van der Waals surface area contributed by atoms with Crippen molar-refractivity contribution in [2.45, 2.75) is 56.1 Å². The summed E-state index contributed by atoms with van der Waals surface area (Å²) in [7, 11) is -3.86. The van der Waals surface area contributed by atoms with Gasteiger partial charge in [0.25, 0.3) is 5.91 Å². The van der Waals surface area contributed by atoms with Crippen LogP contribution < -0.4 is 10.1 Å². The fourth-order valence-corrected chi connectivity index (χ4v) is 7.13. The summed E-state index contributed by atoms with van der Waals surface area (Å²) >= 11 is 0. The van der Waals surface area contributed by atoms with E-state index in [-0.39, 0.29) is 29.9 Å². The summed E-state index contributed by atoms with van der Waals surface area (Å²) in [6.07, 6.45) is 9.04. The topological polar surface area (TPSA) is 88.6 Å². The molecule has 234 valence electrons. The van der Waals surface area contributed by atoms with Crippen LogP contribution in [-0.4, -0.2) is 29.7 Å². The third kappa shape index (κ3) is 7.88. The van der Waals surface area contributed by atoms with Crippen molar-refractivity contribution in [2.24, 2.45) is 0 Å². The Bertz CT molecular complexity index is 1820. The Kier molecular flexibility index (Phi) is 9.86. The van der Waals surface area contributed by atoms with Crippen molar-refractivity contribution in [1.82, 2.24) is 14.6 Å². The lowest BCUT2D eigenvalue weighted by Gasteiger charge is -2.23. The Morgan fingerprint density at radius 3 is 2.00 bits per heavy atom. The molecule has 0 aliphatic heterocycles. The second-order valence-electron chi connectivity index (χ2n) is 11.6. The Hall–Kier alpha value is -4.79. The minimum Gasteiger partial charge on any atom is -0.457 e. The van der Waals surface area contributed by atoms with Gasteiger partial charge in [0, 0.05) is 37.1 Å². The number of carbonyl (C=O) groups excluding carboxylic acids is 1. The molecular weight excluding hydrogens is 595 g/mol. The number of aromatic nitrogens is 1. The van der Waals surface area contributed by atoms with E-state index in [4.69, 9.17) is 4.74 Å². The third-order valence-electron chi connectivity index (χ3n) is 8.26. The van der Waals surface area contributed by atoms with Gasteiger partial charge in [-0.25, -0.2) is 8.42 Å². The number of para-hydroxylation sites is 1. The van der Waals surface area contributed by atoms with Crippen LogP contribution in [-0.2, 0) is 23.1 Å². The lowest BCUT2D eigenvalue weighted by Crippen LogP contribution is -2.36. The molecule has 1 fully saturated rings. The van der Waals surface area contributed by atoms with E-state index in [0.29, 0.717) is 17.1 Å². The van der Waals surface area contributed by atoms with E-state index in [1.807, 2.05) is 84.9 Å². The zero-order valence-electron chi connectivity index (χ0n) is 25.6. The molecule has 1 N–H and O–H groups in total. The molecule has 1 aromatic heterocycles. The van der Waals surface area contributed by atoms with Gasteiger partial charge < -0.3 is 10.1 Å². The number of hydrogen-bond acceptors (Lipinski definition) is 5. The van der Waals surface area contributed by atoms with E-state index in [9.17, 15) is 13.2 Å². The number of sulfonamides is 1. The van der Waals surface area contributed by atoms with Gasteiger partial charge in [0.05, 0.1) is 4.90 Å². The standard InChI is InChI=1S/C38H37N3O4S/c42-38(40-34-9-3-1-4-10-34)33-19-17-32(18-20-33)31-15-13-29(14-16-31)27-41(28-30-8-7-25-39-26-30)46(43,44)37-23-21-36(22-24-37)45-35-11-5-2-6-12-35/h2,5-8,11-26,34H,1,3-4,9-10,27-28H2,(H,40,42). The minimum atomic E-state index is -3.86. The van der Waals surface area contributed by atoms with Gasteiger partial charge in [-0.15, -0.1) is 0 Å². The normalized spacial score (nSPS) is 13.8. The fraction of sp³-hybridized carbons (Fsp3) is 0.211. The molecule has 0 saturated heterocycles. The van der Waals surface area contributed by atoms with Crippen LogP contribution >= 0.6 is 0 Å². The fourth-order valence-electron chi connectivity index (χ4n) is 5.71. The average molecular weight is 632 g/mol. The summed E-state index contributed by atoms with van der Waals surface area (Å²) in [6.45, 7) is 0.352. The Morgan fingerprint density at radius 1 is 0.717 bits per heavy atom. The van der Waals surface area contributed by atoms with Crippen molar-refractivity contribution in [3.05, 3.63) is 144 Å². The Morgan fingerprint density at radius 2 is 1.35 bits per heavy atom. The Balaban J connectivity index is 1.16. The van der Waals surface area contributed by atoms with Gasteiger partial charge in [-0.1, -0.05) is 79.9 Å². The van der Waals surface area contributed by atoms with Gasteiger partial charge in [-0.05, 0) is 89.7 Å². The number of hydrogen-bond donors (Lipinski definition) is 1. The SMILES string of the molecule is O=C(NC1CCCCC1)c1ccc(-c2ccc(CN(Cc3cccnc3)S(=O)(=O)c3ccc(Oc4ccccc4)cc3)cc2)cc1. The van der Waals surface area contributed by atoms with Crippen molar-refractivity contribution >= 4 is 15.9 Å². The van der Waals surface area contributed by atoms with Crippen molar-refractivity contribution < 1.29 is 17.9 Å². The molecule has 0 bridgehead atoms. The van der Waals surface area contributed by atoms with Crippen LogP contribution in [0.3, 0.4) is 0 Å². The van der Waals surface area contributed by atoms with Crippen molar-refractivity contribution in [3.63, 3.8) is 0 Å². The summed E-state index contributed by atoms with van der Waals surface area (Å²) in [5.74, 6) is 1.20.